The number of rotatable bonds is 7. The monoisotopic (exact) mass is 302 g/mol. The van der Waals surface area contributed by atoms with Gasteiger partial charge in [-0.05, 0) is 12.1 Å². The van der Waals surface area contributed by atoms with Crippen molar-refractivity contribution < 1.29 is 22.7 Å². The van der Waals surface area contributed by atoms with Gasteiger partial charge in [0.15, 0.2) is 5.76 Å². The lowest BCUT2D eigenvalue weighted by Crippen LogP contribution is -2.33. The van der Waals surface area contributed by atoms with Gasteiger partial charge in [0.1, 0.15) is 0 Å². The molecular formula is C12H18N2O5S. The van der Waals surface area contributed by atoms with E-state index in [0.717, 1.165) is 4.31 Å². The number of aliphatic hydroxyl groups is 1. The van der Waals surface area contributed by atoms with Crippen molar-refractivity contribution in [2.45, 2.75) is 5.09 Å². The minimum absolute atomic E-state index is 0.0966. The van der Waals surface area contributed by atoms with Crippen LogP contribution in [0.1, 0.15) is 10.6 Å². The van der Waals surface area contributed by atoms with Crippen molar-refractivity contribution in [3.63, 3.8) is 0 Å². The number of carbonyl (C=O) groups excluding carboxylic acids is 1. The average Bonchev–Trinajstić information content (AvgIpc) is 2.87. The van der Waals surface area contributed by atoms with Crippen LogP contribution in [0.2, 0.25) is 0 Å². The largest absolute Gasteiger partial charge is 0.438 e. The Morgan fingerprint density at radius 1 is 1.45 bits per heavy atom. The van der Waals surface area contributed by atoms with E-state index in [2.05, 4.69) is 6.58 Å². The fourth-order valence-electron chi connectivity index (χ4n) is 1.46. The molecule has 1 amide bonds. The summed E-state index contributed by atoms with van der Waals surface area (Å²) in [7, 11) is -0.973. The summed E-state index contributed by atoms with van der Waals surface area (Å²) in [5, 5.41) is 8.61. The van der Waals surface area contributed by atoms with Crippen LogP contribution in [-0.4, -0.2) is 62.4 Å². The maximum Gasteiger partial charge on any atom is 0.289 e. The topological polar surface area (TPSA) is 91.1 Å². The highest BCUT2D eigenvalue weighted by atomic mass is 32.2. The Labute approximate surface area is 118 Å². The maximum atomic E-state index is 12.1. The maximum absolute atomic E-state index is 12.1. The molecule has 0 aromatic carbocycles. The summed E-state index contributed by atoms with van der Waals surface area (Å²) in [5.74, 6) is -0.597. The van der Waals surface area contributed by atoms with Crippen molar-refractivity contribution in [1.29, 1.82) is 0 Å². The SMILES string of the molecule is C=CCN(CCO)C(=O)c1ccc(S(=O)(=O)N(C)C)o1. The Morgan fingerprint density at radius 3 is 2.60 bits per heavy atom. The first-order valence-electron chi connectivity index (χ1n) is 5.88. The third-order valence-corrected chi connectivity index (χ3v) is 4.22. The third kappa shape index (κ3) is 3.47. The predicted molar refractivity (Wildman–Crippen MR) is 72.8 cm³/mol. The smallest absolute Gasteiger partial charge is 0.289 e. The number of nitrogens with zero attached hydrogens (tertiary/aromatic N) is 2. The Morgan fingerprint density at radius 2 is 2.10 bits per heavy atom. The van der Waals surface area contributed by atoms with Gasteiger partial charge >= 0.3 is 0 Å². The second kappa shape index (κ2) is 6.69. The molecular weight excluding hydrogens is 284 g/mol. The van der Waals surface area contributed by atoms with E-state index >= 15 is 0 Å². The van der Waals surface area contributed by atoms with Crippen LogP contribution < -0.4 is 0 Å². The van der Waals surface area contributed by atoms with Gasteiger partial charge in [-0.2, -0.15) is 0 Å². The van der Waals surface area contributed by atoms with Crippen LogP contribution >= 0.6 is 0 Å². The Kier molecular flexibility index (Phi) is 5.49. The first kappa shape index (κ1) is 16.4. The van der Waals surface area contributed by atoms with Crippen molar-refractivity contribution in [3.8, 4) is 0 Å². The molecule has 20 heavy (non-hydrogen) atoms. The van der Waals surface area contributed by atoms with E-state index in [9.17, 15) is 13.2 Å². The fourth-order valence-corrected chi connectivity index (χ4v) is 2.26. The minimum Gasteiger partial charge on any atom is -0.438 e. The molecule has 0 spiro atoms. The van der Waals surface area contributed by atoms with Crippen LogP contribution in [0, 0.1) is 0 Å². The zero-order valence-electron chi connectivity index (χ0n) is 11.4. The van der Waals surface area contributed by atoms with Crippen LogP contribution in [-0.2, 0) is 10.0 Å². The normalized spacial score (nSPS) is 11.6. The Bertz CT molecular complexity index is 576. The molecule has 0 bridgehead atoms. The lowest BCUT2D eigenvalue weighted by atomic mass is 10.3. The number of sulfonamides is 1. The van der Waals surface area contributed by atoms with Crippen molar-refractivity contribution >= 4 is 15.9 Å². The minimum atomic E-state index is -3.71. The molecule has 0 aliphatic rings. The van der Waals surface area contributed by atoms with Gasteiger partial charge < -0.3 is 14.4 Å². The van der Waals surface area contributed by atoms with Crippen LogP contribution in [0.3, 0.4) is 0 Å². The molecule has 1 heterocycles. The summed E-state index contributed by atoms with van der Waals surface area (Å²) in [6.07, 6.45) is 1.51. The highest BCUT2D eigenvalue weighted by molar-refractivity contribution is 7.88. The van der Waals surface area contributed by atoms with E-state index in [1.54, 1.807) is 0 Å². The zero-order chi connectivity index (χ0) is 15.3. The number of hydrogen-bond acceptors (Lipinski definition) is 5. The highest BCUT2D eigenvalue weighted by Crippen LogP contribution is 2.18. The second-order valence-corrected chi connectivity index (χ2v) is 6.25. The molecule has 1 rings (SSSR count). The molecule has 1 N–H and O–H groups in total. The summed E-state index contributed by atoms with van der Waals surface area (Å²) in [4.78, 5) is 13.4. The molecule has 8 heteroatoms. The number of furan rings is 1. The number of hydrogen-bond donors (Lipinski definition) is 1. The molecule has 1 aromatic rings. The lowest BCUT2D eigenvalue weighted by molar-refractivity contribution is 0.0705. The molecule has 0 unspecified atom stereocenters. The first-order valence-corrected chi connectivity index (χ1v) is 7.32. The van der Waals surface area contributed by atoms with Crippen molar-refractivity contribution in [2.24, 2.45) is 0 Å². The van der Waals surface area contributed by atoms with Crippen molar-refractivity contribution in [1.82, 2.24) is 9.21 Å². The van der Waals surface area contributed by atoms with E-state index in [1.165, 1.54) is 37.2 Å². The molecule has 0 saturated carbocycles. The molecule has 7 nitrogen and oxygen atoms in total. The molecule has 0 aliphatic carbocycles. The van der Waals surface area contributed by atoms with Gasteiger partial charge in [0.2, 0.25) is 5.09 Å². The summed E-state index contributed by atoms with van der Waals surface area (Å²) in [6, 6.07) is 2.53. The lowest BCUT2D eigenvalue weighted by Gasteiger charge is -2.18. The Balaban J connectivity index is 3.02. The summed E-state index contributed by atoms with van der Waals surface area (Å²) < 4.78 is 29.8. The standard InChI is InChI=1S/C12H18N2O5S/c1-4-7-14(8-9-15)12(16)10-5-6-11(19-10)20(17,18)13(2)3/h4-6,15H,1,7-9H2,2-3H3. The molecule has 0 fully saturated rings. The Hall–Kier alpha value is -1.64. The molecule has 0 atom stereocenters. The van der Waals surface area contributed by atoms with Crippen LogP contribution in [0.25, 0.3) is 0 Å². The van der Waals surface area contributed by atoms with E-state index in [-0.39, 0.29) is 30.5 Å². The van der Waals surface area contributed by atoms with E-state index in [0.29, 0.717) is 0 Å². The van der Waals surface area contributed by atoms with Gasteiger partial charge in [-0.1, -0.05) is 6.08 Å². The molecule has 112 valence electrons. The van der Waals surface area contributed by atoms with Gasteiger partial charge in [0.25, 0.3) is 15.9 Å². The number of aliphatic hydroxyl groups excluding tert-OH is 1. The zero-order valence-corrected chi connectivity index (χ0v) is 12.3. The van der Waals surface area contributed by atoms with Gasteiger partial charge in [-0.15, -0.1) is 6.58 Å². The summed E-state index contributed by atoms with van der Waals surface area (Å²) in [6.45, 7) is 3.66. The molecule has 1 aromatic heterocycles. The van der Waals surface area contributed by atoms with E-state index < -0.39 is 15.9 Å². The van der Waals surface area contributed by atoms with Gasteiger partial charge in [0.05, 0.1) is 6.61 Å². The van der Waals surface area contributed by atoms with Crippen molar-refractivity contribution in [2.75, 3.05) is 33.8 Å². The third-order valence-electron chi connectivity index (χ3n) is 2.53. The quantitative estimate of drug-likeness (QED) is 0.724. The van der Waals surface area contributed by atoms with Gasteiger partial charge in [0, 0.05) is 27.2 Å². The summed E-state index contributed by atoms with van der Waals surface area (Å²) >= 11 is 0. The molecule has 0 saturated heterocycles. The van der Waals surface area contributed by atoms with Crippen LogP contribution in [0.4, 0.5) is 0 Å². The van der Waals surface area contributed by atoms with E-state index in [1.807, 2.05) is 0 Å². The first-order chi connectivity index (χ1) is 9.34. The second-order valence-electron chi connectivity index (χ2n) is 4.17. The van der Waals surface area contributed by atoms with Gasteiger partial charge in [-0.3, -0.25) is 4.79 Å². The van der Waals surface area contributed by atoms with Crippen molar-refractivity contribution in [3.05, 3.63) is 30.5 Å². The average molecular weight is 302 g/mol. The highest BCUT2D eigenvalue weighted by Gasteiger charge is 2.25. The molecule has 0 aliphatic heterocycles. The number of amides is 1. The van der Waals surface area contributed by atoms with Gasteiger partial charge in [-0.25, -0.2) is 12.7 Å². The fraction of sp³-hybridized carbons (Fsp3) is 0.417. The number of carbonyl (C=O) groups is 1. The van der Waals surface area contributed by atoms with E-state index in [4.69, 9.17) is 9.52 Å². The van der Waals surface area contributed by atoms with Crippen LogP contribution in [0.15, 0.2) is 34.3 Å². The summed E-state index contributed by atoms with van der Waals surface area (Å²) in [5.41, 5.74) is 0. The molecule has 0 radical (unpaired) electrons. The predicted octanol–water partition coefficient (Wildman–Crippen LogP) is 0.150. The van der Waals surface area contributed by atoms with Crippen LogP contribution in [0.5, 0.6) is 0 Å².